The van der Waals surface area contributed by atoms with Crippen molar-refractivity contribution in [2.24, 2.45) is 0 Å². The Labute approximate surface area is 65.3 Å². The zero-order chi connectivity index (χ0) is 8.41. The van der Waals surface area contributed by atoms with Crippen LogP contribution in [0.5, 0.6) is 0 Å². The molecular formula is C8H18NSi+. The van der Waals surface area contributed by atoms with Crippen molar-refractivity contribution in [2.75, 3.05) is 14.1 Å². The monoisotopic (exact) mass is 156 g/mol. The lowest BCUT2D eigenvalue weighted by Gasteiger charge is -2.37. The molecule has 0 spiro atoms. The fourth-order valence-corrected chi connectivity index (χ4v) is 1.41. The van der Waals surface area contributed by atoms with Crippen LogP contribution < -0.4 is 0 Å². The van der Waals surface area contributed by atoms with Crippen molar-refractivity contribution in [3.05, 3.63) is 25.1 Å². The molecule has 0 heterocycles. The van der Waals surface area contributed by atoms with Crippen LogP contribution in [0.25, 0.3) is 0 Å². The van der Waals surface area contributed by atoms with Crippen LogP contribution in [-0.4, -0.2) is 26.5 Å². The predicted octanol–water partition coefficient (Wildman–Crippen LogP) is 2.14. The van der Waals surface area contributed by atoms with E-state index in [9.17, 15) is 0 Å². The molecule has 0 bridgehead atoms. The lowest BCUT2D eigenvalue weighted by atomic mass is 10.8. The number of hydrogen-bond acceptors (Lipinski definition) is 0. The van der Waals surface area contributed by atoms with Gasteiger partial charge in [0.2, 0.25) is 0 Å². The highest BCUT2D eigenvalue weighted by Gasteiger charge is 2.35. The fraction of sp³-hybridized carbons (Fsp3) is 0.500. The van der Waals surface area contributed by atoms with Gasteiger partial charge in [0.15, 0.2) is 0 Å². The highest BCUT2D eigenvalue weighted by molar-refractivity contribution is 6.75. The van der Waals surface area contributed by atoms with Crippen LogP contribution in [0.2, 0.25) is 13.1 Å². The topological polar surface area (TPSA) is 0 Å². The molecule has 0 aliphatic heterocycles. The molecule has 0 saturated carbocycles. The van der Waals surface area contributed by atoms with Gasteiger partial charge in [-0.15, -0.1) is 6.58 Å². The summed E-state index contributed by atoms with van der Waals surface area (Å²) >= 11 is 0. The predicted molar refractivity (Wildman–Crippen MR) is 50.0 cm³/mol. The zero-order valence-electron chi connectivity index (χ0n) is 7.52. The molecule has 0 saturated heterocycles. The first-order chi connectivity index (χ1) is 4.37. The molecule has 2 heteroatoms. The van der Waals surface area contributed by atoms with Gasteiger partial charge in [0.1, 0.15) is 0 Å². The molecule has 0 atom stereocenters. The average Bonchev–Trinajstić information content (AvgIpc) is 1.88. The molecule has 0 unspecified atom stereocenters. The van der Waals surface area contributed by atoms with Crippen LogP contribution in [0.4, 0.5) is 0 Å². The second kappa shape index (κ2) is 2.72. The summed E-state index contributed by atoms with van der Waals surface area (Å²) in [6, 6.07) is 0. The summed E-state index contributed by atoms with van der Waals surface area (Å²) in [6.45, 7) is 12.2. The average molecular weight is 156 g/mol. The van der Waals surface area contributed by atoms with E-state index < -0.39 is 8.24 Å². The third-order valence-corrected chi connectivity index (χ3v) is 6.59. The summed E-state index contributed by atoms with van der Waals surface area (Å²) in [6.07, 6.45) is 1.98. The number of nitrogens with zero attached hydrogens (tertiary/aromatic N) is 1. The molecule has 0 aromatic carbocycles. The molecule has 58 valence electrons. The Morgan fingerprint density at radius 1 is 1.20 bits per heavy atom. The van der Waals surface area contributed by atoms with Gasteiger partial charge in [-0.3, -0.25) is 0 Å². The van der Waals surface area contributed by atoms with Gasteiger partial charge < -0.3 is 4.15 Å². The van der Waals surface area contributed by atoms with Gasteiger partial charge in [0, 0.05) is 0 Å². The van der Waals surface area contributed by atoms with Gasteiger partial charge in [-0.25, -0.2) is 0 Å². The molecule has 0 radical (unpaired) electrons. The van der Waals surface area contributed by atoms with E-state index in [-0.39, 0.29) is 0 Å². The Morgan fingerprint density at radius 2 is 1.60 bits per heavy atom. The van der Waals surface area contributed by atoms with E-state index in [0.29, 0.717) is 0 Å². The molecule has 0 aromatic heterocycles. The Hall–Kier alpha value is -0.343. The first-order valence-corrected chi connectivity index (χ1v) is 6.51. The maximum absolute atomic E-state index is 3.84. The minimum Gasteiger partial charge on any atom is -0.359 e. The van der Waals surface area contributed by atoms with Crippen LogP contribution >= 0.6 is 0 Å². The molecule has 0 fully saturated rings. The molecule has 0 rings (SSSR count). The second-order valence-electron chi connectivity index (χ2n) is 3.58. The number of hydrogen-bond donors (Lipinski definition) is 0. The third kappa shape index (κ3) is 1.58. The van der Waals surface area contributed by atoms with Gasteiger partial charge in [-0.05, 0) is 25.4 Å². The lowest BCUT2D eigenvalue weighted by molar-refractivity contribution is -0.732. The SMILES string of the molecule is C=C[N+](C)(C)[Si](C)(C)C=C. The van der Waals surface area contributed by atoms with Gasteiger partial charge in [0.25, 0.3) is 0 Å². The van der Waals surface area contributed by atoms with E-state index in [1.165, 1.54) is 0 Å². The fourth-order valence-electron chi connectivity index (χ4n) is 0.471. The molecule has 0 aliphatic carbocycles. The minimum atomic E-state index is -1.32. The van der Waals surface area contributed by atoms with Crippen LogP contribution in [0, 0.1) is 0 Å². The van der Waals surface area contributed by atoms with Gasteiger partial charge >= 0.3 is 8.24 Å². The molecule has 0 N–H and O–H groups in total. The molecule has 0 aliphatic rings. The molecule has 10 heavy (non-hydrogen) atoms. The standard InChI is InChI=1S/C8H18NSi/c1-7-9(3,4)10(5,6)8-2/h7-8H,1-2H2,3-6H3/q+1. The molecule has 0 amide bonds. The van der Waals surface area contributed by atoms with Crippen LogP contribution in [-0.2, 0) is 0 Å². The van der Waals surface area contributed by atoms with Gasteiger partial charge in [0.05, 0.1) is 20.3 Å². The van der Waals surface area contributed by atoms with E-state index in [4.69, 9.17) is 0 Å². The lowest BCUT2D eigenvalue weighted by Crippen LogP contribution is -2.55. The Bertz CT molecular complexity index is 129. The van der Waals surface area contributed by atoms with Crippen LogP contribution in [0.1, 0.15) is 0 Å². The second-order valence-corrected chi connectivity index (χ2v) is 8.45. The number of rotatable bonds is 3. The summed E-state index contributed by atoms with van der Waals surface area (Å²) in [5.74, 6) is 0. The van der Waals surface area contributed by atoms with Crippen molar-refractivity contribution in [2.45, 2.75) is 13.1 Å². The Balaban J connectivity index is 4.59. The third-order valence-electron chi connectivity index (χ3n) is 2.44. The summed E-state index contributed by atoms with van der Waals surface area (Å²) in [5, 5.41) is 0. The largest absolute Gasteiger partial charge is 0.359 e. The minimum absolute atomic E-state index is 0.899. The van der Waals surface area contributed by atoms with E-state index in [1.807, 2.05) is 6.20 Å². The van der Waals surface area contributed by atoms with Gasteiger partial charge in [-0.2, -0.15) is 0 Å². The molecular weight excluding hydrogens is 138 g/mol. The highest BCUT2D eigenvalue weighted by atomic mass is 28.3. The zero-order valence-corrected chi connectivity index (χ0v) is 8.52. The van der Waals surface area contributed by atoms with Crippen molar-refractivity contribution in [3.8, 4) is 0 Å². The molecule has 0 aromatic rings. The Morgan fingerprint density at radius 3 is 1.70 bits per heavy atom. The highest BCUT2D eigenvalue weighted by Crippen LogP contribution is 2.16. The quantitative estimate of drug-likeness (QED) is 0.549. The van der Waals surface area contributed by atoms with Crippen molar-refractivity contribution in [1.29, 1.82) is 0 Å². The van der Waals surface area contributed by atoms with Crippen molar-refractivity contribution >= 4 is 8.24 Å². The maximum Gasteiger partial charge on any atom is 0.308 e. The smallest absolute Gasteiger partial charge is 0.308 e. The first-order valence-electron chi connectivity index (χ1n) is 3.48. The number of quaternary nitrogens is 1. The van der Waals surface area contributed by atoms with Crippen molar-refractivity contribution in [1.82, 2.24) is 0 Å². The molecule has 1 nitrogen and oxygen atoms in total. The summed E-state index contributed by atoms with van der Waals surface area (Å²) < 4.78 is 0.899. The normalized spacial score (nSPS) is 12.8. The van der Waals surface area contributed by atoms with E-state index >= 15 is 0 Å². The van der Waals surface area contributed by atoms with Crippen LogP contribution in [0.15, 0.2) is 25.1 Å². The van der Waals surface area contributed by atoms with Crippen LogP contribution in [0.3, 0.4) is 0 Å². The Kier molecular flexibility index (Phi) is 2.63. The van der Waals surface area contributed by atoms with E-state index in [0.717, 1.165) is 4.15 Å². The van der Waals surface area contributed by atoms with E-state index in [1.54, 1.807) is 0 Å². The summed E-state index contributed by atoms with van der Waals surface area (Å²) in [4.78, 5) is 0. The van der Waals surface area contributed by atoms with Gasteiger partial charge in [-0.1, -0.05) is 0 Å². The van der Waals surface area contributed by atoms with Crippen molar-refractivity contribution < 1.29 is 4.15 Å². The first kappa shape index (κ1) is 9.66. The maximum atomic E-state index is 3.84. The van der Waals surface area contributed by atoms with Crippen molar-refractivity contribution in [3.63, 3.8) is 0 Å². The summed E-state index contributed by atoms with van der Waals surface area (Å²) in [5.41, 5.74) is 2.09. The van der Waals surface area contributed by atoms with E-state index in [2.05, 4.69) is 46.0 Å². The summed E-state index contributed by atoms with van der Waals surface area (Å²) in [7, 11) is 3.01.